The summed E-state index contributed by atoms with van der Waals surface area (Å²) in [7, 11) is 0. The average Bonchev–Trinajstić information content (AvgIpc) is 2.53. The molecule has 1 atom stereocenters. The summed E-state index contributed by atoms with van der Waals surface area (Å²) in [5.41, 5.74) is 0.451. The van der Waals surface area contributed by atoms with Crippen LogP contribution < -0.4 is 5.32 Å². The highest BCUT2D eigenvalue weighted by molar-refractivity contribution is 5.66. The summed E-state index contributed by atoms with van der Waals surface area (Å²) in [4.78, 5) is 10.8. The van der Waals surface area contributed by atoms with Crippen LogP contribution in [0.2, 0.25) is 0 Å². The van der Waals surface area contributed by atoms with Gasteiger partial charge in [-0.1, -0.05) is 25.3 Å². The van der Waals surface area contributed by atoms with Gasteiger partial charge in [0.05, 0.1) is 0 Å². The number of carboxylic acid groups (broad SMARTS) is 1. The predicted octanol–water partition coefficient (Wildman–Crippen LogP) is 3.91. The molecule has 1 saturated carbocycles. The van der Waals surface area contributed by atoms with Crippen molar-refractivity contribution in [3.05, 3.63) is 35.4 Å². The molecule has 0 amide bonds. The first-order valence-corrected chi connectivity index (χ1v) is 8.43. The van der Waals surface area contributed by atoms with Gasteiger partial charge >= 0.3 is 5.97 Å². The Balaban J connectivity index is 1.93. The minimum atomic E-state index is -0.841. The molecular weight excluding hydrogens is 300 g/mol. The molecule has 2 N–H and O–H groups in total. The maximum atomic E-state index is 13.8. The molecule has 0 heterocycles. The van der Waals surface area contributed by atoms with E-state index in [9.17, 15) is 13.6 Å². The molecule has 3 nitrogen and oxygen atoms in total. The third-order valence-electron chi connectivity index (χ3n) is 4.59. The summed E-state index contributed by atoms with van der Waals surface area (Å²) in [6.45, 7) is 0.675. The van der Waals surface area contributed by atoms with Crippen LogP contribution in [0, 0.1) is 17.6 Å². The number of carbonyl (C=O) groups is 1. The molecule has 1 aromatic rings. The molecule has 0 aromatic heterocycles. The van der Waals surface area contributed by atoms with Crippen molar-refractivity contribution in [3.63, 3.8) is 0 Å². The van der Waals surface area contributed by atoms with Gasteiger partial charge in [-0.25, -0.2) is 8.78 Å². The molecule has 0 saturated heterocycles. The first-order chi connectivity index (χ1) is 11.0. The van der Waals surface area contributed by atoms with Gasteiger partial charge in [0, 0.05) is 18.5 Å². The summed E-state index contributed by atoms with van der Waals surface area (Å²) >= 11 is 0. The number of hydrogen-bond acceptors (Lipinski definition) is 2. The molecule has 0 radical (unpaired) electrons. The number of nitrogens with one attached hydrogen (secondary N) is 1. The van der Waals surface area contributed by atoms with E-state index in [-0.39, 0.29) is 12.3 Å². The van der Waals surface area contributed by atoms with Gasteiger partial charge in [0.15, 0.2) is 0 Å². The van der Waals surface area contributed by atoms with Crippen LogP contribution >= 0.6 is 0 Å². The van der Waals surface area contributed by atoms with Crippen molar-refractivity contribution in [1.82, 2.24) is 5.32 Å². The number of benzene rings is 1. The smallest absolute Gasteiger partial charge is 0.303 e. The van der Waals surface area contributed by atoms with Crippen molar-refractivity contribution < 1.29 is 18.7 Å². The first-order valence-electron chi connectivity index (χ1n) is 8.43. The summed E-state index contributed by atoms with van der Waals surface area (Å²) in [5.74, 6) is -1.95. The monoisotopic (exact) mass is 325 g/mol. The molecule has 1 aromatic carbocycles. The van der Waals surface area contributed by atoms with Crippen LogP contribution in [-0.2, 0) is 11.2 Å². The van der Waals surface area contributed by atoms with Crippen LogP contribution in [0.3, 0.4) is 0 Å². The quantitative estimate of drug-likeness (QED) is 0.762. The fourth-order valence-electron chi connectivity index (χ4n) is 3.24. The lowest BCUT2D eigenvalue weighted by molar-refractivity contribution is -0.137. The topological polar surface area (TPSA) is 49.3 Å². The summed E-state index contributed by atoms with van der Waals surface area (Å²) in [5, 5.41) is 12.4. The Bertz CT molecular complexity index is 516. The first kappa shape index (κ1) is 17.9. The maximum absolute atomic E-state index is 13.8. The Morgan fingerprint density at radius 1 is 1.26 bits per heavy atom. The minimum absolute atomic E-state index is 0.0352. The fraction of sp³-hybridized carbons (Fsp3) is 0.611. The van der Waals surface area contributed by atoms with Crippen LogP contribution in [0.4, 0.5) is 8.78 Å². The van der Waals surface area contributed by atoms with Crippen molar-refractivity contribution in [1.29, 1.82) is 0 Å². The zero-order valence-electron chi connectivity index (χ0n) is 13.4. The Morgan fingerprint density at radius 2 is 2.00 bits per heavy atom. The van der Waals surface area contributed by atoms with E-state index in [1.54, 1.807) is 0 Å². The van der Waals surface area contributed by atoms with Crippen LogP contribution in [0.25, 0.3) is 0 Å². The van der Waals surface area contributed by atoms with Crippen LogP contribution in [0.15, 0.2) is 18.2 Å². The van der Waals surface area contributed by atoms with E-state index in [4.69, 9.17) is 5.11 Å². The maximum Gasteiger partial charge on any atom is 0.303 e. The second-order valence-electron chi connectivity index (χ2n) is 6.48. The van der Waals surface area contributed by atoms with E-state index in [1.165, 1.54) is 31.4 Å². The number of hydrogen-bond donors (Lipinski definition) is 2. The Kier molecular flexibility index (Phi) is 6.96. The number of carboxylic acids is 1. The van der Waals surface area contributed by atoms with Gasteiger partial charge < -0.3 is 10.4 Å². The Labute approximate surface area is 136 Å². The molecule has 2 rings (SSSR count). The molecule has 5 heteroatoms. The number of rotatable bonds is 8. The SMILES string of the molecule is O=C(O)CCC(CNC1CCCCC1)Cc1ccc(F)cc1F. The molecule has 0 bridgehead atoms. The van der Waals surface area contributed by atoms with Crippen LogP contribution in [0.1, 0.15) is 50.5 Å². The van der Waals surface area contributed by atoms with Crippen LogP contribution in [-0.4, -0.2) is 23.7 Å². The van der Waals surface area contributed by atoms with E-state index in [0.717, 1.165) is 18.9 Å². The Morgan fingerprint density at radius 3 is 2.65 bits per heavy atom. The third kappa shape index (κ3) is 6.26. The van der Waals surface area contributed by atoms with Gasteiger partial charge in [-0.05, 0) is 49.8 Å². The fourth-order valence-corrected chi connectivity index (χ4v) is 3.24. The number of halogens is 2. The highest BCUT2D eigenvalue weighted by Crippen LogP contribution is 2.20. The second kappa shape index (κ2) is 8.96. The molecule has 0 aliphatic heterocycles. The van der Waals surface area contributed by atoms with E-state index < -0.39 is 17.6 Å². The van der Waals surface area contributed by atoms with Gasteiger partial charge in [-0.15, -0.1) is 0 Å². The van der Waals surface area contributed by atoms with Crippen molar-refractivity contribution in [2.75, 3.05) is 6.54 Å². The van der Waals surface area contributed by atoms with Crippen molar-refractivity contribution in [2.45, 2.75) is 57.4 Å². The van der Waals surface area contributed by atoms with Gasteiger partial charge in [0.25, 0.3) is 0 Å². The van der Waals surface area contributed by atoms with Crippen molar-refractivity contribution in [3.8, 4) is 0 Å². The highest BCUT2D eigenvalue weighted by Gasteiger charge is 2.18. The predicted molar refractivity (Wildman–Crippen MR) is 85.3 cm³/mol. The summed E-state index contributed by atoms with van der Waals surface area (Å²) in [6.07, 6.45) is 7.02. The molecule has 23 heavy (non-hydrogen) atoms. The van der Waals surface area contributed by atoms with Crippen molar-refractivity contribution in [2.24, 2.45) is 5.92 Å². The highest BCUT2D eigenvalue weighted by atomic mass is 19.1. The lowest BCUT2D eigenvalue weighted by Gasteiger charge is -2.26. The number of aliphatic carboxylic acids is 1. The van der Waals surface area contributed by atoms with Gasteiger partial charge in [0.2, 0.25) is 0 Å². The lowest BCUT2D eigenvalue weighted by Crippen LogP contribution is -2.35. The molecule has 0 spiro atoms. The molecular formula is C18H25F2NO2. The molecule has 1 fully saturated rings. The van der Waals surface area contributed by atoms with Crippen molar-refractivity contribution >= 4 is 5.97 Å². The van der Waals surface area contributed by atoms with Crippen LogP contribution in [0.5, 0.6) is 0 Å². The average molecular weight is 325 g/mol. The largest absolute Gasteiger partial charge is 0.481 e. The zero-order chi connectivity index (χ0) is 16.7. The molecule has 1 unspecified atom stereocenters. The standard InChI is InChI=1S/C18H25F2NO2/c19-15-8-7-14(17(20)11-15)10-13(6-9-18(22)23)12-21-16-4-2-1-3-5-16/h7-8,11,13,16,21H,1-6,9-10,12H2,(H,22,23). The molecule has 1 aliphatic rings. The minimum Gasteiger partial charge on any atom is -0.481 e. The van der Waals surface area contributed by atoms with E-state index in [0.29, 0.717) is 31.0 Å². The lowest BCUT2D eigenvalue weighted by atomic mass is 9.92. The summed E-state index contributed by atoms with van der Waals surface area (Å²) in [6, 6.07) is 4.08. The summed E-state index contributed by atoms with van der Waals surface area (Å²) < 4.78 is 26.8. The van der Waals surface area contributed by atoms with Gasteiger partial charge in [-0.3, -0.25) is 4.79 Å². The van der Waals surface area contributed by atoms with E-state index in [2.05, 4.69) is 5.32 Å². The third-order valence-corrected chi connectivity index (χ3v) is 4.59. The molecule has 1 aliphatic carbocycles. The van der Waals surface area contributed by atoms with E-state index in [1.807, 2.05) is 0 Å². The van der Waals surface area contributed by atoms with Gasteiger partial charge in [-0.2, -0.15) is 0 Å². The normalized spacial score (nSPS) is 17.1. The molecule has 128 valence electrons. The van der Waals surface area contributed by atoms with E-state index >= 15 is 0 Å². The Hall–Kier alpha value is -1.49. The second-order valence-corrected chi connectivity index (χ2v) is 6.48. The van der Waals surface area contributed by atoms with Gasteiger partial charge in [0.1, 0.15) is 11.6 Å². The zero-order valence-corrected chi connectivity index (χ0v) is 13.4.